The lowest BCUT2D eigenvalue weighted by molar-refractivity contribution is -0.0441. The zero-order chi connectivity index (χ0) is 23.3. The van der Waals surface area contributed by atoms with Crippen molar-refractivity contribution < 1.29 is 27.1 Å². The maximum atomic E-state index is 14.4. The van der Waals surface area contributed by atoms with Gasteiger partial charge in [0.15, 0.2) is 6.10 Å². The van der Waals surface area contributed by atoms with E-state index in [4.69, 9.17) is 4.74 Å². The van der Waals surface area contributed by atoms with Crippen LogP contribution in [-0.4, -0.2) is 47.4 Å². The van der Waals surface area contributed by atoms with Crippen molar-refractivity contribution in [2.45, 2.75) is 37.6 Å². The van der Waals surface area contributed by atoms with Gasteiger partial charge in [0.1, 0.15) is 11.6 Å². The number of ether oxygens (including phenoxy) is 1. The van der Waals surface area contributed by atoms with Crippen molar-refractivity contribution in [3.05, 3.63) is 35.5 Å². The van der Waals surface area contributed by atoms with E-state index >= 15 is 0 Å². The second kappa shape index (κ2) is 8.12. The minimum atomic E-state index is -3.52. The fraction of sp³-hybridized carbons (Fsp3) is 0.450. The first kappa shape index (κ1) is 22.7. The summed E-state index contributed by atoms with van der Waals surface area (Å²) in [6.45, 7) is 4.48. The Bertz CT molecular complexity index is 1040. The highest BCUT2D eigenvalue weighted by Gasteiger charge is 2.45. The lowest BCUT2D eigenvalue weighted by Crippen LogP contribution is -2.49. The third-order valence-electron chi connectivity index (χ3n) is 5.33. The number of piperazine rings is 1. The number of fused-ring (bicyclic) bond motifs is 1. The molecule has 3 atom stereocenters. The second-order valence-corrected chi connectivity index (χ2v) is 8.76. The van der Waals surface area contributed by atoms with Crippen LogP contribution in [0.3, 0.4) is 0 Å². The van der Waals surface area contributed by atoms with Gasteiger partial charge in [0.05, 0.1) is 11.3 Å². The molecule has 1 amide bonds. The van der Waals surface area contributed by atoms with E-state index in [2.05, 4.69) is 20.6 Å². The Morgan fingerprint density at radius 3 is 2.69 bits per heavy atom. The van der Waals surface area contributed by atoms with Crippen molar-refractivity contribution >= 4 is 27.0 Å². The molecule has 2 unspecified atom stereocenters. The summed E-state index contributed by atoms with van der Waals surface area (Å²) in [6.07, 6.45) is -1.76. The Hall–Kier alpha value is -2.52. The number of pyridine rings is 2. The number of carbonyl (C=O) groups excluding carboxylic acids is 1. The number of nitrogens with one attached hydrogen (secondary N) is 2. The zero-order valence-corrected chi connectivity index (χ0v) is 18.5. The van der Waals surface area contributed by atoms with Gasteiger partial charge in [-0.1, -0.05) is 9.24 Å². The van der Waals surface area contributed by atoms with Crippen molar-refractivity contribution in [1.82, 2.24) is 15.3 Å². The molecule has 4 rings (SSSR count). The zero-order valence-electron chi connectivity index (χ0n) is 17.3. The maximum Gasteiger partial charge on any atom is 0.413 e. The number of rotatable bonds is 4. The molecule has 172 valence electrons. The van der Waals surface area contributed by atoms with Gasteiger partial charge in [0.25, 0.3) is 11.6 Å². The van der Waals surface area contributed by atoms with E-state index in [0.717, 1.165) is 6.92 Å². The first-order chi connectivity index (χ1) is 14.9. The number of aromatic nitrogens is 2. The second-order valence-electron chi connectivity index (χ2n) is 7.99. The van der Waals surface area contributed by atoms with Crippen molar-refractivity contribution in [3.63, 3.8) is 0 Å². The van der Waals surface area contributed by atoms with Gasteiger partial charge in [-0.3, -0.25) is 5.32 Å². The molecule has 0 saturated carbocycles. The van der Waals surface area contributed by atoms with Gasteiger partial charge < -0.3 is 15.0 Å². The quantitative estimate of drug-likeness (QED) is 0.516. The summed E-state index contributed by atoms with van der Waals surface area (Å²) in [6, 6.07) is 4.00. The Kier molecular flexibility index (Phi) is 5.75. The molecule has 0 aliphatic carbocycles. The van der Waals surface area contributed by atoms with Crippen LogP contribution in [0.5, 0.6) is 0 Å². The molecule has 2 aliphatic rings. The van der Waals surface area contributed by atoms with E-state index in [1.165, 1.54) is 33.6 Å². The number of anilines is 2. The normalized spacial score (nSPS) is 21.6. The first-order valence-corrected chi connectivity index (χ1v) is 10.5. The molecule has 7 nitrogen and oxygen atoms in total. The number of hydrogen-bond acceptors (Lipinski definition) is 6. The molecule has 2 aliphatic heterocycles. The van der Waals surface area contributed by atoms with Crippen LogP contribution in [0.2, 0.25) is 0 Å². The van der Waals surface area contributed by atoms with Crippen LogP contribution >= 0.6 is 9.24 Å². The van der Waals surface area contributed by atoms with Gasteiger partial charge in [-0.25, -0.2) is 23.5 Å². The molecule has 0 aromatic carbocycles. The molecule has 1 fully saturated rings. The molecule has 1 saturated heterocycles. The van der Waals surface area contributed by atoms with Gasteiger partial charge >= 0.3 is 6.09 Å². The van der Waals surface area contributed by atoms with E-state index in [1.807, 2.05) is 11.8 Å². The van der Waals surface area contributed by atoms with Crippen molar-refractivity contribution in [1.29, 1.82) is 0 Å². The predicted molar refractivity (Wildman–Crippen MR) is 114 cm³/mol. The molecular weight excluding hydrogens is 449 g/mol. The van der Waals surface area contributed by atoms with Crippen LogP contribution in [0, 0.1) is 0 Å². The van der Waals surface area contributed by atoms with E-state index in [9.17, 15) is 22.4 Å². The molecule has 12 heteroatoms. The first-order valence-electron chi connectivity index (χ1n) is 9.96. The van der Waals surface area contributed by atoms with Crippen LogP contribution in [-0.2, 0) is 10.7 Å². The third-order valence-corrected chi connectivity index (χ3v) is 5.64. The fourth-order valence-corrected chi connectivity index (χ4v) is 4.07. The molecule has 32 heavy (non-hydrogen) atoms. The number of amides is 1. The van der Waals surface area contributed by atoms with Gasteiger partial charge in [-0.2, -0.15) is 8.78 Å². The smallest absolute Gasteiger partial charge is 0.413 e. The Labute approximate surface area is 184 Å². The molecule has 4 heterocycles. The van der Waals surface area contributed by atoms with E-state index in [0.29, 0.717) is 25.5 Å². The van der Waals surface area contributed by atoms with Crippen molar-refractivity contribution in [2.24, 2.45) is 0 Å². The monoisotopic (exact) mass is 471 g/mol. The summed E-state index contributed by atoms with van der Waals surface area (Å²) < 4.78 is 62.2. The Balaban J connectivity index is 1.90. The lowest BCUT2D eigenvalue weighted by atomic mass is 9.97. The highest BCUT2D eigenvalue weighted by molar-refractivity contribution is 7.18. The maximum absolute atomic E-state index is 14.4. The minimum absolute atomic E-state index is 0.0582. The largest absolute Gasteiger partial charge is 0.434 e. The average molecular weight is 471 g/mol. The molecule has 0 spiro atoms. The number of nitrogens with zero attached hydrogens (tertiary/aromatic N) is 3. The number of cyclic esters (lactones) is 1. The summed E-state index contributed by atoms with van der Waals surface area (Å²) in [5.41, 5.74) is -3.77. The Morgan fingerprint density at radius 1 is 1.28 bits per heavy atom. The number of alkyl halides is 4. The summed E-state index contributed by atoms with van der Waals surface area (Å²) >= 11 is 0. The number of halogens is 4. The van der Waals surface area contributed by atoms with Gasteiger partial charge in [0.2, 0.25) is 0 Å². The third kappa shape index (κ3) is 4.49. The molecule has 2 aromatic heterocycles. The molecular formula is C20H22F4N5O2P. The summed E-state index contributed by atoms with van der Waals surface area (Å²) in [4.78, 5) is 22.1. The summed E-state index contributed by atoms with van der Waals surface area (Å²) in [5.74, 6) is -3.00. The number of carbonyl (C=O) groups is 1. The number of hydrogen-bond donors (Lipinski definition) is 2. The predicted octanol–water partition coefficient (Wildman–Crippen LogP) is 4.12. The van der Waals surface area contributed by atoms with E-state index in [1.54, 1.807) is 0 Å². The van der Waals surface area contributed by atoms with Crippen LogP contribution in [0.15, 0.2) is 24.4 Å². The van der Waals surface area contributed by atoms with E-state index in [-0.39, 0.29) is 34.2 Å². The molecule has 2 N–H and O–H groups in total. The van der Waals surface area contributed by atoms with Gasteiger partial charge in [-0.15, -0.1) is 0 Å². The topological polar surface area (TPSA) is 79.4 Å². The van der Waals surface area contributed by atoms with Gasteiger partial charge in [-0.05, 0) is 25.1 Å². The van der Waals surface area contributed by atoms with Gasteiger partial charge in [0, 0.05) is 49.9 Å². The summed E-state index contributed by atoms with van der Waals surface area (Å²) in [7, 11) is 1.35. The highest BCUT2D eigenvalue weighted by Crippen LogP contribution is 2.48. The van der Waals surface area contributed by atoms with Crippen LogP contribution < -0.4 is 15.5 Å². The molecule has 0 radical (unpaired) electrons. The van der Waals surface area contributed by atoms with E-state index < -0.39 is 23.8 Å². The van der Waals surface area contributed by atoms with Crippen LogP contribution in [0.4, 0.5) is 34.0 Å². The molecule has 0 bridgehead atoms. The van der Waals surface area contributed by atoms with Crippen LogP contribution in [0.25, 0.3) is 11.3 Å². The Morgan fingerprint density at radius 2 is 2.03 bits per heavy atom. The molecule has 2 aromatic rings. The fourth-order valence-electron chi connectivity index (χ4n) is 3.83. The SMILES string of the molecule is C[C@H]1CN(c2cc(C(C)(F)F)cc(-c3ccnc4c3C(C(F)(F)P)OC(=O)N4)n2)CCN1. The minimum Gasteiger partial charge on any atom is -0.434 e. The lowest BCUT2D eigenvalue weighted by Gasteiger charge is -2.34. The van der Waals surface area contributed by atoms with Crippen molar-refractivity contribution in [2.75, 3.05) is 29.9 Å². The van der Waals surface area contributed by atoms with Crippen molar-refractivity contribution in [3.8, 4) is 11.3 Å². The van der Waals surface area contributed by atoms with Crippen LogP contribution in [0.1, 0.15) is 31.1 Å². The standard InChI is InChI=1S/C20H22F4N5O2P/c1-10-9-29(6-5-25-10)14-8-11(19(2,21)22)7-13(27-14)12-3-4-26-17-15(12)16(20(23,24)32)31-18(30)28-17/h3-4,7-8,10,16,25H,5-6,9,32H2,1-2H3,(H,26,28,30)/t10-,16?/m0/s1. The summed E-state index contributed by atoms with van der Waals surface area (Å²) in [5, 5.41) is 5.56. The average Bonchev–Trinajstić information content (AvgIpc) is 2.71. The highest BCUT2D eigenvalue weighted by atomic mass is 31.0.